The molecule has 0 aromatic heterocycles. The molecular weight excluding hydrogens is 272 g/mol. The second kappa shape index (κ2) is 4.86. The standard InChI is InChI=1S/C12H12O2S3/c13-9-5-1-3-7(9)11-15-12(17-16-11)8-4-2-6-10(8)14/h1-6H2. The summed E-state index contributed by atoms with van der Waals surface area (Å²) in [6.45, 7) is 0. The van der Waals surface area contributed by atoms with E-state index in [2.05, 4.69) is 0 Å². The molecule has 3 rings (SSSR count). The molecule has 3 aliphatic rings. The van der Waals surface area contributed by atoms with Crippen molar-refractivity contribution >= 4 is 44.9 Å². The fourth-order valence-corrected chi connectivity index (χ4v) is 7.13. The molecule has 2 saturated carbocycles. The normalized spacial score (nSPS) is 34.1. The number of Topliss-reactive ketones (excluding diaryl/α,β-unsaturated/α-hetero) is 2. The molecule has 17 heavy (non-hydrogen) atoms. The molecule has 5 heteroatoms. The molecule has 90 valence electrons. The third kappa shape index (κ3) is 2.25. The van der Waals surface area contributed by atoms with Crippen molar-refractivity contribution in [2.75, 3.05) is 0 Å². The summed E-state index contributed by atoms with van der Waals surface area (Å²) in [6, 6.07) is 0. The van der Waals surface area contributed by atoms with Crippen molar-refractivity contribution in [3.63, 3.8) is 0 Å². The Hall–Kier alpha value is -0.130. The van der Waals surface area contributed by atoms with E-state index in [0.717, 1.165) is 45.3 Å². The molecule has 1 aliphatic heterocycles. The summed E-state index contributed by atoms with van der Waals surface area (Å²) in [4.78, 5) is 23.4. The van der Waals surface area contributed by atoms with E-state index in [-0.39, 0.29) is 0 Å². The van der Waals surface area contributed by atoms with Crippen LogP contribution in [0.25, 0.3) is 0 Å². The van der Waals surface area contributed by atoms with Crippen molar-refractivity contribution in [2.24, 2.45) is 0 Å². The zero-order valence-electron chi connectivity index (χ0n) is 9.28. The van der Waals surface area contributed by atoms with E-state index in [9.17, 15) is 9.59 Å². The van der Waals surface area contributed by atoms with Gasteiger partial charge in [-0.05, 0) is 47.3 Å². The second-order valence-electron chi connectivity index (χ2n) is 4.35. The Morgan fingerprint density at radius 3 is 1.53 bits per heavy atom. The molecule has 2 nitrogen and oxygen atoms in total. The van der Waals surface area contributed by atoms with Crippen molar-refractivity contribution in [1.29, 1.82) is 0 Å². The van der Waals surface area contributed by atoms with Gasteiger partial charge in [-0.15, -0.1) is 0 Å². The van der Waals surface area contributed by atoms with Crippen molar-refractivity contribution in [1.82, 2.24) is 0 Å². The minimum Gasteiger partial charge on any atom is -0.294 e. The zero-order valence-corrected chi connectivity index (χ0v) is 11.7. The topological polar surface area (TPSA) is 34.1 Å². The Labute approximate surface area is 112 Å². The Morgan fingerprint density at radius 2 is 1.18 bits per heavy atom. The predicted octanol–water partition coefficient (Wildman–Crippen LogP) is 4.04. The highest BCUT2D eigenvalue weighted by Crippen LogP contribution is 2.60. The molecule has 0 atom stereocenters. The average molecular weight is 284 g/mol. The highest BCUT2D eigenvalue weighted by Gasteiger charge is 2.30. The first-order valence-corrected chi connectivity index (χ1v) is 8.77. The summed E-state index contributed by atoms with van der Waals surface area (Å²) in [6.07, 6.45) is 5.24. The fraction of sp³-hybridized carbons (Fsp3) is 0.500. The lowest BCUT2D eigenvalue weighted by Gasteiger charge is -1.99. The van der Waals surface area contributed by atoms with E-state index in [0.29, 0.717) is 24.4 Å². The number of hydrogen-bond donors (Lipinski definition) is 0. The quantitative estimate of drug-likeness (QED) is 0.495. The molecule has 0 aromatic rings. The Balaban J connectivity index is 1.87. The van der Waals surface area contributed by atoms with Crippen LogP contribution in [-0.4, -0.2) is 11.6 Å². The van der Waals surface area contributed by atoms with Crippen LogP contribution in [0.4, 0.5) is 0 Å². The highest BCUT2D eigenvalue weighted by atomic mass is 33.1. The molecule has 3 fully saturated rings. The van der Waals surface area contributed by atoms with Crippen LogP contribution in [0.1, 0.15) is 38.5 Å². The summed E-state index contributed by atoms with van der Waals surface area (Å²) in [5, 5.41) is 0. The number of ketones is 2. The van der Waals surface area contributed by atoms with Crippen LogP contribution in [0.2, 0.25) is 0 Å². The van der Waals surface area contributed by atoms with Gasteiger partial charge in [0, 0.05) is 24.0 Å². The summed E-state index contributed by atoms with van der Waals surface area (Å²) >= 11 is 1.66. The molecule has 0 aromatic carbocycles. The largest absolute Gasteiger partial charge is 0.294 e. The molecule has 0 spiro atoms. The predicted molar refractivity (Wildman–Crippen MR) is 74.5 cm³/mol. The maximum atomic E-state index is 11.7. The van der Waals surface area contributed by atoms with Crippen LogP contribution in [0.3, 0.4) is 0 Å². The Morgan fingerprint density at radius 1 is 0.706 bits per heavy atom. The van der Waals surface area contributed by atoms with Crippen molar-refractivity contribution in [2.45, 2.75) is 38.5 Å². The summed E-state index contributed by atoms with van der Waals surface area (Å²) in [5.41, 5.74) is 2.02. The third-order valence-electron chi connectivity index (χ3n) is 3.21. The molecule has 1 heterocycles. The van der Waals surface area contributed by atoms with E-state index in [4.69, 9.17) is 0 Å². The van der Waals surface area contributed by atoms with E-state index in [1.807, 2.05) is 0 Å². The third-order valence-corrected chi connectivity index (χ3v) is 7.83. The van der Waals surface area contributed by atoms with E-state index in [1.165, 1.54) is 0 Å². The molecule has 0 radical (unpaired) electrons. The Bertz CT molecular complexity index is 420. The van der Waals surface area contributed by atoms with Gasteiger partial charge in [0.15, 0.2) is 11.6 Å². The number of allylic oxidation sites excluding steroid dienone is 2. The molecule has 0 unspecified atom stereocenters. The van der Waals surface area contributed by atoms with Gasteiger partial charge in [-0.3, -0.25) is 9.59 Å². The van der Waals surface area contributed by atoms with Gasteiger partial charge < -0.3 is 0 Å². The number of carbonyl (C=O) groups is 2. The van der Waals surface area contributed by atoms with Crippen LogP contribution in [0.5, 0.6) is 0 Å². The number of rotatable bonds is 0. The van der Waals surface area contributed by atoms with Crippen molar-refractivity contribution < 1.29 is 9.59 Å². The summed E-state index contributed by atoms with van der Waals surface area (Å²) in [7, 11) is 3.34. The van der Waals surface area contributed by atoms with Gasteiger partial charge in [0.1, 0.15) is 0 Å². The lowest BCUT2D eigenvalue weighted by molar-refractivity contribution is -0.115. The van der Waals surface area contributed by atoms with Crippen LogP contribution in [0, 0.1) is 0 Å². The molecule has 0 N–H and O–H groups in total. The van der Waals surface area contributed by atoms with Gasteiger partial charge in [-0.2, -0.15) is 0 Å². The first-order valence-electron chi connectivity index (χ1n) is 5.81. The summed E-state index contributed by atoms with van der Waals surface area (Å²) < 4.78 is 2.28. The van der Waals surface area contributed by atoms with E-state index >= 15 is 0 Å². The van der Waals surface area contributed by atoms with Crippen LogP contribution in [-0.2, 0) is 9.59 Å². The number of carbonyl (C=O) groups excluding carboxylic acids is 2. The maximum Gasteiger partial charge on any atom is 0.160 e. The Kier molecular flexibility index (Phi) is 3.41. The first-order chi connectivity index (χ1) is 8.25. The zero-order chi connectivity index (χ0) is 11.8. The molecule has 2 aliphatic carbocycles. The van der Waals surface area contributed by atoms with E-state index < -0.39 is 0 Å². The van der Waals surface area contributed by atoms with Gasteiger partial charge in [0.25, 0.3) is 0 Å². The van der Waals surface area contributed by atoms with Gasteiger partial charge in [0.2, 0.25) is 0 Å². The van der Waals surface area contributed by atoms with Crippen LogP contribution < -0.4 is 0 Å². The minimum absolute atomic E-state index is 0.310. The minimum atomic E-state index is 0.310. The first kappa shape index (κ1) is 11.9. The molecule has 1 saturated heterocycles. The van der Waals surface area contributed by atoms with Gasteiger partial charge in [-0.1, -0.05) is 11.8 Å². The SMILES string of the molecule is O=C1CCCC1=C1SSC(=C2CCCC2=O)S1. The molecular formula is C12H12O2S3. The number of thioether (sulfide) groups is 1. The maximum absolute atomic E-state index is 11.7. The fourth-order valence-electron chi connectivity index (χ4n) is 2.28. The van der Waals surface area contributed by atoms with Crippen molar-refractivity contribution in [3.8, 4) is 0 Å². The monoisotopic (exact) mass is 284 g/mol. The van der Waals surface area contributed by atoms with Gasteiger partial charge in [0.05, 0.1) is 8.47 Å². The lowest BCUT2D eigenvalue weighted by Crippen LogP contribution is -1.93. The lowest BCUT2D eigenvalue weighted by atomic mass is 10.2. The molecule has 0 amide bonds. The van der Waals surface area contributed by atoms with Crippen molar-refractivity contribution in [3.05, 3.63) is 19.6 Å². The van der Waals surface area contributed by atoms with Gasteiger partial charge >= 0.3 is 0 Å². The summed E-state index contributed by atoms with van der Waals surface area (Å²) in [5.74, 6) is 0.620. The molecule has 0 bridgehead atoms. The van der Waals surface area contributed by atoms with Gasteiger partial charge in [-0.25, -0.2) is 0 Å². The smallest absolute Gasteiger partial charge is 0.160 e. The van der Waals surface area contributed by atoms with E-state index in [1.54, 1.807) is 33.3 Å². The van der Waals surface area contributed by atoms with Crippen LogP contribution in [0.15, 0.2) is 19.6 Å². The number of hydrogen-bond acceptors (Lipinski definition) is 5. The average Bonchev–Trinajstić information content (AvgIpc) is 2.97. The second-order valence-corrected chi connectivity index (χ2v) is 8.04. The van der Waals surface area contributed by atoms with Crippen LogP contribution >= 0.6 is 33.3 Å². The highest BCUT2D eigenvalue weighted by molar-refractivity contribution is 8.86.